The minimum absolute atomic E-state index is 0.772. The van der Waals surface area contributed by atoms with Crippen LogP contribution in [-0.4, -0.2) is 25.7 Å². The molecule has 23 heavy (non-hydrogen) atoms. The molecule has 1 heterocycles. The van der Waals surface area contributed by atoms with Crippen LogP contribution < -0.4 is 15.4 Å². The second-order valence-corrected chi connectivity index (χ2v) is 5.65. The van der Waals surface area contributed by atoms with Gasteiger partial charge >= 0.3 is 0 Å². The molecular weight excluding hydrogens is 286 g/mol. The number of aliphatic imine (C=N–C) groups is 1. The number of rotatable bonds is 6. The number of nitrogens with one attached hydrogen (secondary N) is 2. The number of hydrogen-bond acceptors (Lipinski definition) is 4. The van der Waals surface area contributed by atoms with Gasteiger partial charge in [-0.05, 0) is 48.2 Å². The summed E-state index contributed by atoms with van der Waals surface area (Å²) in [5.41, 5.74) is 3.64. The molecule has 0 bridgehead atoms. The predicted molar refractivity (Wildman–Crippen MR) is 95.4 cm³/mol. The Kier molecular flexibility index (Phi) is 5.14. The van der Waals surface area contributed by atoms with Gasteiger partial charge in [-0.2, -0.15) is 0 Å². The van der Waals surface area contributed by atoms with Crippen LogP contribution >= 0.6 is 0 Å². The summed E-state index contributed by atoms with van der Waals surface area (Å²) in [7, 11) is 0. The zero-order valence-corrected chi connectivity index (χ0v) is 13.5. The summed E-state index contributed by atoms with van der Waals surface area (Å²) in [5.74, 6) is 1.81. The Bertz CT molecular complexity index is 647. The van der Waals surface area contributed by atoms with Crippen molar-refractivity contribution in [1.29, 1.82) is 0 Å². The molecule has 2 N–H and O–H groups in total. The fraction of sp³-hybridized carbons (Fsp3) is 0.316. The lowest BCUT2D eigenvalue weighted by Crippen LogP contribution is -2.26. The lowest BCUT2D eigenvalue weighted by Gasteiger charge is -2.08. The molecule has 120 valence electrons. The first-order valence-corrected chi connectivity index (χ1v) is 8.19. The van der Waals surface area contributed by atoms with Gasteiger partial charge in [0.05, 0.1) is 13.2 Å². The summed E-state index contributed by atoms with van der Waals surface area (Å²) in [6.07, 6.45) is 1.96. The number of ether oxygens (including phenoxy) is 1. The van der Waals surface area contributed by atoms with E-state index in [0.717, 1.165) is 49.9 Å². The van der Waals surface area contributed by atoms with Crippen molar-refractivity contribution in [2.24, 2.45) is 4.99 Å². The molecule has 0 aromatic heterocycles. The molecule has 0 saturated carbocycles. The SMILES string of the molecule is CCCOc1ccc(Cc2ccc(NC3=NCCN3)cc2)cc1. The van der Waals surface area contributed by atoms with Gasteiger partial charge in [-0.3, -0.25) is 4.99 Å². The highest BCUT2D eigenvalue weighted by atomic mass is 16.5. The van der Waals surface area contributed by atoms with Crippen molar-refractivity contribution < 1.29 is 4.74 Å². The van der Waals surface area contributed by atoms with Gasteiger partial charge in [0.25, 0.3) is 0 Å². The van der Waals surface area contributed by atoms with Crippen molar-refractivity contribution in [3.8, 4) is 5.75 Å². The zero-order valence-electron chi connectivity index (χ0n) is 13.5. The van der Waals surface area contributed by atoms with Crippen LogP contribution in [0.25, 0.3) is 0 Å². The molecule has 0 amide bonds. The van der Waals surface area contributed by atoms with E-state index in [0.29, 0.717) is 0 Å². The van der Waals surface area contributed by atoms with E-state index in [9.17, 15) is 0 Å². The summed E-state index contributed by atoms with van der Waals surface area (Å²) in [4.78, 5) is 4.33. The van der Waals surface area contributed by atoms with Gasteiger partial charge in [0, 0.05) is 12.2 Å². The lowest BCUT2D eigenvalue weighted by atomic mass is 10.0. The molecule has 0 saturated heterocycles. The van der Waals surface area contributed by atoms with E-state index < -0.39 is 0 Å². The van der Waals surface area contributed by atoms with Crippen molar-refractivity contribution in [3.05, 3.63) is 59.7 Å². The quantitative estimate of drug-likeness (QED) is 0.859. The lowest BCUT2D eigenvalue weighted by molar-refractivity contribution is 0.317. The van der Waals surface area contributed by atoms with Gasteiger partial charge in [0.1, 0.15) is 5.75 Å². The van der Waals surface area contributed by atoms with E-state index in [-0.39, 0.29) is 0 Å². The van der Waals surface area contributed by atoms with E-state index in [1.54, 1.807) is 0 Å². The summed E-state index contributed by atoms with van der Waals surface area (Å²) in [6, 6.07) is 16.9. The van der Waals surface area contributed by atoms with Crippen molar-refractivity contribution >= 4 is 11.6 Å². The van der Waals surface area contributed by atoms with Gasteiger partial charge in [-0.25, -0.2) is 0 Å². The summed E-state index contributed by atoms with van der Waals surface area (Å²) < 4.78 is 5.61. The number of anilines is 1. The van der Waals surface area contributed by atoms with Gasteiger partial charge in [0.15, 0.2) is 5.96 Å². The molecule has 4 nitrogen and oxygen atoms in total. The van der Waals surface area contributed by atoms with Gasteiger partial charge in [-0.15, -0.1) is 0 Å². The number of nitrogens with zero attached hydrogens (tertiary/aromatic N) is 1. The first-order valence-electron chi connectivity index (χ1n) is 8.19. The Morgan fingerprint density at radius 2 is 1.74 bits per heavy atom. The van der Waals surface area contributed by atoms with Crippen molar-refractivity contribution in [2.75, 3.05) is 25.0 Å². The van der Waals surface area contributed by atoms with E-state index >= 15 is 0 Å². The van der Waals surface area contributed by atoms with Crippen molar-refractivity contribution in [3.63, 3.8) is 0 Å². The van der Waals surface area contributed by atoms with Crippen LogP contribution in [0.4, 0.5) is 5.69 Å². The Morgan fingerprint density at radius 1 is 1.04 bits per heavy atom. The average molecular weight is 309 g/mol. The third-order valence-corrected chi connectivity index (χ3v) is 3.70. The molecule has 1 aliphatic rings. The van der Waals surface area contributed by atoms with Crippen LogP contribution in [0.5, 0.6) is 5.75 Å². The van der Waals surface area contributed by atoms with Gasteiger partial charge in [0.2, 0.25) is 0 Å². The molecule has 0 spiro atoms. The first-order chi connectivity index (χ1) is 11.3. The molecule has 1 aliphatic heterocycles. The normalized spacial score (nSPS) is 13.3. The minimum atomic E-state index is 0.772. The molecule has 0 atom stereocenters. The Morgan fingerprint density at radius 3 is 2.35 bits per heavy atom. The Hall–Kier alpha value is -2.49. The molecule has 2 aromatic carbocycles. The van der Waals surface area contributed by atoms with Gasteiger partial charge in [-0.1, -0.05) is 31.2 Å². The van der Waals surface area contributed by atoms with Crippen molar-refractivity contribution in [1.82, 2.24) is 5.32 Å². The highest BCUT2D eigenvalue weighted by molar-refractivity contribution is 5.94. The molecule has 2 aromatic rings. The summed E-state index contributed by atoms with van der Waals surface area (Å²) in [6.45, 7) is 4.65. The summed E-state index contributed by atoms with van der Waals surface area (Å²) in [5, 5.41) is 6.49. The topological polar surface area (TPSA) is 45.6 Å². The Labute approximate surface area is 137 Å². The molecule has 0 fully saturated rings. The highest BCUT2D eigenvalue weighted by Gasteiger charge is 2.04. The maximum atomic E-state index is 5.61. The smallest absolute Gasteiger partial charge is 0.195 e. The number of guanidine groups is 1. The van der Waals surface area contributed by atoms with Crippen LogP contribution in [0.3, 0.4) is 0 Å². The maximum absolute atomic E-state index is 5.61. The van der Waals surface area contributed by atoms with E-state index in [2.05, 4.69) is 58.9 Å². The molecule has 0 radical (unpaired) electrons. The van der Waals surface area contributed by atoms with Crippen LogP contribution in [0, 0.1) is 0 Å². The van der Waals surface area contributed by atoms with Crippen LogP contribution in [-0.2, 0) is 6.42 Å². The summed E-state index contributed by atoms with van der Waals surface area (Å²) >= 11 is 0. The van der Waals surface area contributed by atoms with E-state index in [1.807, 2.05) is 12.1 Å². The van der Waals surface area contributed by atoms with E-state index in [1.165, 1.54) is 11.1 Å². The van der Waals surface area contributed by atoms with Crippen molar-refractivity contribution in [2.45, 2.75) is 19.8 Å². The predicted octanol–water partition coefficient (Wildman–Crippen LogP) is 3.44. The molecular formula is C19H23N3O. The van der Waals surface area contributed by atoms with Crippen LogP contribution in [0.15, 0.2) is 53.5 Å². The molecule has 0 unspecified atom stereocenters. The zero-order chi connectivity index (χ0) is 15.9. The minimum Gasteiger partial charge on any atom is -0.494 e. The monoisotopic (exact) mass is 309 g/mol. The molecule has 3 rings (SSSR count). The fourth-order valence-corrected chi connectivity index (χ4v) is 2.48. The third-order valence-electron chi connectivity index (χ3n) is 3.70. The molecule has 4 heteroatoms. The van der Waals surface area contributed by atoms with Gasteiger partial charge < -0.3 is 15.4 Å². The number of benzene rings is 2. The molecule has 0 aliphatic carbocycles. The fourth-order valence-electron chi connectivity index (χ4n) is 2.48. The Balaban J connectivity index is 1.57. The van der Waals surface area contributed by atoms with E-state index in [4.69, 9.17) is 4.74 Å². The second-order valence-electron chi connectivity index (χ2n) is 5.65. The number of hydrogen-bond donors (Lipinski definition) is 2. The second kappa shape index (κ2) is 7.68. The van der Waals surface area contributed by atoms with Crippen LogP contribution in [0.1, 0.15) is 24.5 Å². The largest absolute Gasteiger partial charge is 0.494 e. The third kappa shape index (κ3) is 4.49. The maximum Gasteiger partial charge on any atom is 0.195 e. The first kappa shape index (κ1) is 15.4. The standard InChI is InChI=1S/C19H23N3O/c1-2-13-23-18-9-5-16(6-10-18)14-15-3-7-17(8-4-15)22-19-20-11-12-21-19/h3-10H,2,11-14H2,1H3,(H2,20,21,22). The highest BCUT2D eigenvalue weighted by Crippen LogP contribution is 2.17. The average Bonchev–Trinajstić information content (AvgIpc) is 3.09. The van der Waals surface area contributed by atoms with Crippen LogP contribution in [0.2, 0.25) is 0 Å².